The highest BCUT2D eigenvalue weighted by Gasteiger charge is 2.19. The lowest BCUT2D eigenvalue weighted by molar-refractivity contribution is -0.116. The minimum atomic E-state index is -0.340. The quantitative estimate of drug-likeness (QED) is 0.875. The molecule has 2 aromatic rings. The lowest BCUT2D eigenvalue weighted by atomic mass is 10.1. The molecule has 0 bridgehead atoms. The standard InChI is InChI=1S/C18H21FN4O2/c1-12-10-13(19)5-6-15(12)22-17(24)7-8-20-18(25)14-11-21-23-9-3-2-4-16(14)23/h5-6,10-11H,2-4,7-9H2,1H3,(H,20,25)(H,22,24). The van der Waals surface area contributed by atoms with E-state index in [0.717, 1.165) is 31.5 Å². The van der Waals surface area contributed by atoms with E-state index in [2.05, 4.69) is 15.7 Å². The molecular weight excluding hydrogens is 323 g/mol. The topological polar surface area (TPSA) is 76.0 Å². The molecule has 0 radical (unpaired) electrons. The highest BCUT2D eigenvalue weighted by molar-refractivity contribution is 5.96. The first-order valence-corrected chi connectivity index (χ1v) is 8.43. The van der Waals surface area contributed by atoms with E-state index in [1.54, 1.807) is 13.1 Å². The van der Waals surface area contributed by atoms with Crippen LogP contribution in [0.5, 0.6) is 0 Å². The Morgan fingerprint density at radius 3 is 2.96 bits per heavy atom. The summed E-state index contributed by atoms with van der Waals surface area (Å²) < 4.78 is 14.9. The Balaban J connectivity index is 1.50. The molecule has 1 aromatic heterocycles. The van der Waals surface area contributed by atoms with Crippen molar-refractivity contribution in [3.8, 4) is 0 Å². The van der Waals surface area contributed by atoms with Crippen molar-refractivity contribution in [1.29, 1.82) is 0 Å². The van der Waals surface area contributed by atoms with Gasteiger partial charge in [0.25, 0.3) is 5.91 Å². The number of hydrogen-bond acceptors (Lipinski definition) is 3. The Hall–Kier alpha value is -2.70. The van der Waals surface area contributed by atoms with E-state index in [0.29, 0.717) is 16.8 Å². The zero-order valence-corrected chi connectivity index (χ0v) is 14.1. The average Bonchev–Trinajstić information content (AvgIpc) is 3.01. The lowest BCUT2D eigenvalue weighted by Gasteiger charge is -2.14. The summed E-state index contributed by atoms with van der Waals surface area (Å²) in [7, 11) is 0. The predicted molar refractivity (Wildman–Crippen MR) is 91.9 cm³/mol. The Morgan fingerprint density at radius 1 is 1.32 bits per heavy atom. The van der Waals surface area contributed by atoms with E-state index in [1.807, 2.05) is 4.68 Å². The Kier molecular flexibility index (Phi) is 5.11. The molecule has 1 aliphatic rings. The van der Waals surface area contributed by atoms with Crippen molar-refractivity contribution >= 4 is 17.5 Å². The van der Waals surface area contributed by atoms with Crippen LogP contribution in [0.25, 0.3) is 0 Å². The first-order valence-electron chi connectivity index (χ1n) is 8.43. The summed E-state index contributed by atoms with van der Waals surface area (Å²) in [5.74, 6) is -0.770. The molecule has 0 unspecified atom stereocenters. The van der Waals surface area contributed by atoms with E-state index in [-0.39, 0.29) is 30.6 Å². The third-order valence-electron chi connectivity index (χ3n) is 4.33. The first-order chi connectivity index (χ1) is 12.0. The number of benzene rings is 1. The van der Waals surface area contributed by atoms with Gasteiger partial charge >= 0.3 is 0 Å². The molecule has 7 heteroatoms. The van der Waals surface area contributed by atoms with Crippen LogP contribution in [0.1, 0.15) is 40.9 Å². The molecule has 0 fully saturated rings. The first kappa shape index (κ1) is 17.1. The molecule has 25 heavy (non-hydrogen) atoms. The van der Waals surface area contributed by atoms with Crippen LogP contribution in [-0.4, -0.2) is 28.1 Å². The van der Waals surface area contributed by atoms with Crippen molar-refractivity contribution in [2.45, 2.75) is 39.2 Å². The molecule has 132 valence electrons. The van der Waals surface area contributed by atoms with Crippen LogP contribution in [0.3, 0.4) is 0 Å². The number of aromatic nitrogens is 2. The Bertz CT molecular complexity index is 800. The van der Waals surface area contributed by atoms with Gasteiger partial charge in [-0.05, 0) is 49.9 Å². The minimum absolute atomic E-state index is 0.145. The second kappa shape index (κ2) is 7.46. The molecule has 0 saturated carbocycles. The van der Waals surface area contributed by atoms with Crippen LogP contribution in [0, 0.1) is 12.7 Å². The number of carbonyl (C=O) groups is 2. The predicted octanol–water partition coefficient (Wildman–Crippen LogP) is 2.43. The number of hydrogen-bond donors (Lipinski definition) is 2. The van der Waals surface area contributed by atoms with Gasteiger partial charge in [0, 0.05) is 25.2 Å². The van der Waals surface area contributed by atoms with Gasteiger partial charge in [-0.1, -0.05) is 0 Å². The number of anilines is 1. The number of aryl methyl sites for hydroxylation is 2. The van der Waals surface area contributed by atoms with Crippen LogP contribution in [-0.2, 0) is 17.8 Å². The smallest absolute Gasteiger partial charge is 0.254 e. The molecule has 2 amide bonds. The monoisotopic (exact) mass is 344 g/mol. The highest BCUT2D eigenvalue weighted by Crippen LogP contribution is 2.18. The lowest BCUT2D eigenvalue weighted by Crippen LogP contribution is -2.28. The van der Waals surface area contributed by atoms with E-state index < -0.39 is 0 Å². The fraction of sp³-hybridized carbons (Fsp3) is 0.389. The van der Waals surface area contributed by atoms with E-state index in [1.165, 1.54) is 18.2 Å². The molecule has 0 saturated heterocycles. The SMILES string of the molecule is Cc1cc(F)ccc1NC(=O)CCNC(=O)c1cnn2c1CCCC2. The molecule has 1 aliphatic heterocycles. The van der Waals surface area contributed by atoms with Crippen molar-refractivity contribution in [2.24, 2.45) is 0 Å². The molecule has 0 aliphatic carbocycles. The average molecular weight is 344 g/mol. The van der Waals surface area contributed by atoms with Gasteiger partial charge in [0.2, 0.25) is 5.91 Å². The van der Waals surface area contributed by atoms with Crippen molar-refractivity contribution in [3.63, 3.8) is 0 Å². The number of rotatable bonds is 5. The summed E-state index contributed by atoms with van der Waals surface area (Å²) in [4.78, 5) is 24.2. The van der Waals surface area contributed by atoms with E-state index in [9.17, 15) is 14.0 Å². The van der Waals surface area contributed by atoms with E-state index in [4.69, 9.17) is 0 Å². The molecule has 3 rings (SSSR count). The zero-order chi connectivity index (χ0) is 17.8. The minimum Gasteiger partial charge on any atom is -0.351 e. The van der Waals surface area contributed by atoms with Crippen LogP contribution < -0.4 is 10.6 Å². The van der Waals surface area contributed by atoms with Gasteiger partial charge in [-0.15, -0.1) is 0 Å². The summed E-state index contributed by atoms with van der Waals surface area (Å²) in [6, 6.07) is 4.19. The summed E-state index contributed by atoms with van der Waals surface area (Å²) in [6.45, 7) is 2.81. The highest BCUT2D eigenvalue weighted by atomic mass is 19.1. The van der Waals surface area contributed by atoms with Crippen LogP contribution in [0.2, 0.25) is 0 Å². The van der Waals surface area contributed by atoms with Gasteiger partial charge in [-0.25, -0.2) is 4.39 Å². The second-order valence-electron chi connectivity index (χ2n) is 6.20. The molecule has 6 nitrogen and oxygen atoms in total. The maximum Gasteiger partial charge on any atom is 0.254 e. The molecule has 2 N–H and O–H groups in total. The van der Waals surface area contributed by atoms with Crippen LogP contribution in [0.15, 0.2) is 24.4 Å². The summed E-state index contributed by atoms with van der Waals surface area (Å²) in [5, 5.41) is 9.72. The summed E-state index contributed by atoms with van der Waals surface area (Å²) in [5.41, 5.74) is 2.79. The van der Waals surface area contributed by atoms with Gasteiger partial charge in [0.05, 0.1) is 17.5 Å². The number of nitrogens with one attached hydrogen (secondary N) is 2. The Morgan fingerprint density at radius 2 is 2.16 bits per heavy atom. The molecular formula is C18H21FN4O2. The van der Waals surface area contributed by atoms with Gasteiger partial charge < -0.3 is 10.6 Å². The third kappa shape index (κ3) is 4.04. The fourth-order valence-electron chi connectivity index (χ4n) is 2.98. The number of amides is 2. The van der Waals surface area contributed by atoms with Crippen molar-refractivity contribution in [3.05, 3.63) is 47.0 Å². The van der Waals surface area contributed by atoms with Crippen molar-refractivity contribution in [1.82, 2.24) is 15.1 Å². The third-order valence-corrected chi connectivity index (χ3v) is 4.33. The molecule has 0 atom stereocenters. The van der Waals surface area contributed by atoms with Crippen molar-refractivity contribution < 1.29 is 14.0 Å². The summed E-state index contributed by atoms with van der Waals surface area (Å²) >= 11 is 0. The number of halogens is 1. The normalized spacial score (nSPS) is 13.2. The van der Waals surface area contributed by atoms with Gasteiger partial charge in [-0.2, -0.15) is 5.10 Å². The van der Waals surface area contributed by atoms with E-state index >= 15 is 0 Å². The number of nitrogens with zero attached hydrogens (tertiary/aromatic N) is 2. The van der Waals surface area contributed by atoms with Crippen LogP contribution >= 0.6 is 0 Å². The second-order valence-corrected chi connectivity index (χ2v) is 6.20. The zero-order valence-electron chi connectivity index (χ0n) is 14.1. The summed E-state index contributed by atoms with van der Waals surface area (Å²) in [6.07, 6.45) is 4.74. The maximum atomic E-state index is 13.1. The molecule has 1 aromatic carbocycles. The largest absolute Gasteiger partial charge is 0.351 e. The fourth-order valence-corrected chi connectivity index (χ4v) is 2.98. The number of carbonyl (C=O) groups excluding carboxylic acids is 2. The maximum absolute atomic E-state index is 13.1. The van der Waals surface area contributed by atoms with Gasteiger partial charge in [-0.3, -0.25) is 14.3 Å². The Labute approximate surface area is 145 Å². The van der Waals surface area contributed by atoms with Gasteiger partial charge in [0.1, 0.15) is 5.82 Å². The van der Waals surface area contributed by atoms with Gasteiger partial charge in [0.15, 0.2) is 0 Å². The molecule has 0 spiro atoms. The number of fused-ring (bicyclic) bond motifs is 1. The van der Waals surface area contributed by atoms with Crippen molar-refractivity contribution in [2.75, 3.05) is 11.9 Å². The van der Waals surface area contributed by atoms with Crippen LogP contribution in [0.4, 0.5) is 10.1 Å². The molecule has 2 heterocycles.